The molecule has 0 aromatic heterocycles. The second kappa shape index (κ2) is 23.3. The molecule has 1 amide bonds. The first-order valence-corrected chi connectivity index (χ1v) is 13.3. The molecule has 0 radical (unpaired) electrons. The van der Waals surface area contributed by atoms with Gasteiger partial charge in [-0.1, -0.05) is 90.6 Å². The van der Waals surface area contributed by atoms with Crippen LogP contribution in [0.1, 0.15) is 129 Å². The van der Waals surface area contributed by atoms with Gasteiger partial charge in [-0.15, -0.1) is 0 Å². The molecule has 1 unspecified atom stereocenters. The van der Waals surface area contributed by atoms with E-state index in [-0.39, 0.29) is 24.5 Å². The molecule has 0 rings (SSSR count). The Hall–Kier alpha value is -1.85. The normalized spacial score (nSPS) is 12.1. The number of carboxylic acids is 1. The van der Waals surface area contributed by atoms with Crippen LogP contribution in [0.2, 0.25) is 0 Å². The Labute approximate surface area is 201 Å². The lowest BCUT2D eigenvalue weighted by atomic mass is 10.1. The molecule has 0 aromatic rings. The van der Waals surface area contributed by atoms with Gasteiger partial charge in [-0.2, -0.15) is 0 Å². The molecule has 2 N–H and O–H groups in total. The Morgan fingerprint density at radius 3 is 2.00 bits per heavy atom. The quantitative estimate of drug-likeness (QED) is 0.0988. The molecule has 6 heteroatoms. The summed E-state index contributed by atoms with van der Waals surface area (Å²) in [5.41, 5.74) is 0. The number of carbonyl (C=O) groups is 3. The van der Waals surface area contributed by atoms with Gasteiger partial charge in [0.15, 0.2) is 0 Å². The topological polar surface area (TPSA) is 92.7 Å². The third-order valence-corrected chi connectivity index (χ3v) is 5.67. The van der Waals surface area contributed by atoms with E-state index < -0.39 is 5.97 Å². The number of hydrogen-bond donors (Lipinski definition) is 2. The van der Waals surface area contributed by atoms with Crippen LogP contribution in [0.4, 0.5) is 0 Å². The summed E-state index contributed by atoms with van der Waals surface area (Å²) in [5.74, 6) is -1.34. The summed E-state index contributed by atoms with van der Waals surface area (Å²) in [7, 11) is 0. The minimum absolute atomic E-state index is 0.0961. The average molecular weight is 468 g/mol. The van der Waals surface area contributed by atoms with Crippen LogP contribution in [0.15, 0.2) is 12.2 Å². The van der Waals surface area contributed by atoms with E-state index in [4.69, 9.17) is 9.84 Å². The van der Waals surface area contributed by atoms with Crippen LogP contribution in [-0.2, 0) is 19.1 Å². The number of amides is 1. The SMILES string of the molecule is CCCC/C=C\C(CCCCCCC(=O)NCC(=O)O)OC(=O)CCCCCCCCCC. The maximum Gasteiger partial charge on any atom is 0.322 e. The Bertz CT molecular complexity index is 533. The van der Waals surface area contributed by atoms with E-state index in [2.05, 4.69) is 25.2 Å². The standard InChI is InChI=1S/C27H49NO5/c1-3-5-7-9-10-11-12-18-22-27(32)33-24(19-15-8-6-4-2)20-16-13-14-17-21-25(29)28-23-26(30)31/h15,19,24H,3-14,16-18,20-23H2,1-2H3,(H,28,29)(H,30,31)/b19-15-. The highest BCUT2D eigenvalue weighted by Crippen LogP contribution is 2.14. The second-order valence-electron chi connectivity index (χ2n) is 8.95. The minimum Gasteiger partial charge on any atom is -0.480 e. The maximum absolute atomic E-state index is 12.3. The second-order valence-corrected chi connectivity index (χ2v) is 8.95. The highest BCUT2D eigenvalue weighted by atomic mass is 16.5. The zero-order valence-corrected chi connectivity index (χ0v) is 21.2. The van der Waals surface area contributed by atoms with Crippen LogP contribution in [0, 0.1) is 0 Å². The number of allylic oxidation sites excluding steroid dienone is 1. The summed E-state index contributed by atoms with van der Waals surface area (Å²) < 4.78 is 5.74. The number of hydrogen-bond acceptors (Lipinski definition) is 4. The van der Waals surface area contributed by atoms with Crippen molar-refractivity contribution in [1.29, 1.82) is 0 Å². The molecular formula is C27H49NO5. The lowest BCUT2D eigenvalue weighted by Crippen LogP contribution is -2.28. The van der Waals surface area contributed by atoms with Crippen molar-refractivity contribution >= 4 is 17.8 Å². The number of aliphatic carboxylic acids is 1. The monoisotopic (exact) mass is 467 g/mol. The Morgan fingerprint density at radius 1 is 0.788 bits per heavy atom. The molecule has 6 nitrogen and oxygen atoms in total. The van der Waals surface area contributed by atoms with E-state index >= 15 is 0 Å². The van der Waals surface area contributed by atoms with E-state index in [9.17, 15) is 14.4 Å². The number of rotatable bonds is 23. The molecule has 0 saturated carbocycles. The molecule has 0 aliphatic carbocycles. The number of ether oxygens (including phenoxy) is 1. The molecule has 192 valence electrons. The summed E-state index contributed by atoms with van der Waals surface area (Å²) >= 11 is 0. The number of carbonyl (C=O) groups excluding carboxylic acids is 2. The molecule has 0 aromatic carbocycles. The average Bonchev–Trinajstić information content (AvgIpc) is 2.79. The van der Waals surface area contributed by atoms with Crippen LogP contribution >= 0.6 is 0 Å². The Kier molecular flexibility index (Phi) is 22.0. The molecule has 1 atom stereocenters. The van der Waals surface area contributed by atoms with Gasteiger partial charge >= 0.3 is 11.9 Å². The molecule has 0 aliphatic heterocycles. The fourth-order valence-corrected chi connectivity index (χ4v) is 3.64. The molecule has 0 fully saturated rings. The summed E-state index contributed by atoms with van der Waals surface area (Å²) in [5, 5.41) is 10.9. The minimum atomic E-state index is -1.03. The van der Waals surface area contributed by atoms with Crippen LogP contribution in [0.5, 0.6) is 0 Å². The number of unbranched alkanes of at least 4 members (excludes halogenated alkanes) is 12. The summed E-state index contributed by atoms with van der Waals surface area (Å²) in [6.07, 6.45) is 22.2. The van der Waals surface area contributed by atoms with Gasteiger partial charge in [-0.25, -0.2) is 0 Å². The lowest BCUT2D eigenvalue weighted by molar-refractivity contribution is -0.147. The first-order chi connectivity index (χ1) is 16.0. The first-order valence-electron chi connectivity index (χ1n) is 13.3. The maximum atomic E-state index is 12.3. The van der Waals surface area contributed by atoms with Crippen LogP contribution < -0.4 is 5.32 Å². The van der Waals surface area contributed by atoms with Gasteiger partial charge < -0.3 is 15.2 Å². The van der Waals surface area contributed by atoms with Gasteiger partial charge in [0.1, 0.15) is 12.6 Å². The fraction of sp³-hybridized carbons (Fsp3) is 0.815. The van der Waals surface area contributed by atoms with Gasteiger partial charge in [0.2, 0.25) is 5.91 Å². The van der Waals surface area contributed by atoms with Crippen LogP contribution in [0.25, 0.3) is 0 Å². The van der Waals surface area contributed by atoms with Crippen molar-refractivity contribution in [1.82, 2.24) is 5.32 Å². The van der Waals surface area contributed by atoms with Gasteiger partial charge in [0.05, 0.1) is 0 Å². The smallest absolute Gasteiger partial charge is 0.322 e. The molecule has 0 aliphatic rings. The number of esters is 1. The Balaban J connectivity index is 4.07. The van der Waals surface area contributed by atoms with Crippen LogP contribution in [-0.4, -0.2) is 35.6 Å². The van der Waals surface area contributed by atoms with E-state index in [1.54, 1.807) is 0 Å². The lowest BCUT2D eigenvalue weighted by Gasteiger charge is -2.15. The van der Waals surface area contributed by atoms with E-state index in [0.717, 1.165) is 64.2 Å². The van der Waals surface area contributed by atoms with Crippen LogP contribution in [0.3, 0.4) is 0 Å². The molecule has 0 bridgehead atoms. The predicted molar refractivity (Wildman–Crippen MR) is 134 cm³/mol. The zero-order valence-electron chi connectivity index (χ0n) is 21.2. The van der Waals surface area contributed by atoms with Crippen molar-refractivity contribution in [2.24, 2.45) is 0 Å². The largest absolute Gasteiger partial charge is 0.480 e. The number of carboxylic acid groups (broad SMARTS) is 1. The molecule has 0 spiro atoms. The van der Waals surface area contributed by atoms with E-state index in [1.807, 2.05) is 6.08 Å². The third-order valence-electron chi connectivity index (χ3n) is 5.67. The van der Waals surface area contributed by atoms with E-state index in [0.29, 0.717) is 12.8 Å². The fourth-order valence-electron chi connectivity index (χ4n) is 3.64. The summed E-state index contributed by atoms with van der Waals surface area (Å²) in [4.78, 5) is 34.3. The van der Waals surface area contributed by atoms with E-state index in [1.165, 1.54) is 38.5 Å². The van der Waals surface area contributed by atoms with Crippen molar-refractivity contribution in [2.75, 3.05) is 6.54 Å². The third kappa shape index (κ3) is 23.1. The van der Waals surface area contributed by atoms with Gasteiger partial charge in [0, 0.05) is 12.8 Å². The van der Waals surface area contributed by atoms with Crippen molar-refractivity contribution in [3.8, 4) is 0 Å². The van der Waals surface area contributed by atoms with Gasteiger partial charge in [-0.3, -0.25) is 14.4 Å². The highest BCUT2D eigenvalue weighted by molar-refractivity contribution is 5.80. The summed E-state index contributed by atoms with van der Waals surface area (Å²) in [6, 6.07) is 0. The van der Waals surface area contributed by atoms with Crippen molar-refractivity contribution in [3.63, 3.8) is 0 Å². The van der Waals surface area contributed by atoms with Crippen molar-refractivity contribution in [2.45, 2.75) is 136 Å². The first kappa shape index (κ1) is 31.1. The molecule has 33 heavy (non-hydrogen) atoms. The molecular weight excluding hydrogens is 418 g/mol. The molecule has 0 heterocycles. The van der Waals surface area contributed by atoms with Crippen molar-refractivity contribution < 1.29 is 24.2 Å². The Morgan fingerprint density at radius 2 is 1.36 bits per heavy atom. The van der Waals surface area contributed by atoms with Gasteiger partial charge in [0.25, 0.3) is 0 Å². The van der Waals surface area contributed by atoms with Gasteiger partial charge in [-0.05, 0) is 38.2 Å². The predicted octanol–water partition coefficient (Wildman–Crippen LogP) is 6.72. The number of nitrogens with one attached hydrogen (secondary N) is 1. The summed E-state index contributed by atoms with van der Waals surface area (Å²) in [6.45, 7) is 4.07. The van der Waals surface area contributed by atoms with Crippen molar-refractivity contribution in [3.05, 3.63) is 12.2 Å². The zero-order chi connectivity index (χ0) is 24.6. The molecule has 0 saturated heterocycles. The highest BCUT2D eigenvalue weighted by Gasteiger charge is 2.11.